The number of ether oxygens (including phenoxy) is 1. The molecule has 6 N–H and O–H groups in total. The van der Waals surface area contributed by atoms with Gasteiger partial charge in [-0.25, -0.2) is 18.0 Å². The Kier molecular flexibility index (Phi) is 14.9. The van der Waals surface area contributed by atoms with Gasteiger partial charge in [0.2, 0.25) is 15.9 Å². The number of rotatable bonds is 13. The van der Waals surface area contributed by atoms with Crippen LogP contribution in [-0.2, 0) is 43.6 Å². The fourth-order valence-corrected chi connectivity index (χ4v) is 7.30. The van der Waals surface area contributed by atoms with Gasteiger partial charge in [0.05, 0.1) is 11.5 Å². The van der Waals surface area contributed by atoms with E-state index in [1.165, 1.54) is 4.90 Å². The van der Waals surface area contributed by atoms with Crippen molar-refractivity contribution in [1.29, 1.82) is 5.41 Å². The van der Waals surface area contributed by atoms with Crippen molar-refractivity contribution in [3.63, 3.8) is 0 Å². The molecule has 2 aliphatic rings. The number of carboxylic acid groups (broad SMARTS) is 2. The minimum Gasteiger partial charge on any atom is -0.464 e. The smallest absolute Gasteiger partial charge is 0.464 e. The maximum absolute atomic E-state index is 14.2. The zero-order valence-electron chi connectivity index (χ0n) is 29.2. The first-order valence-electron chi connectivity index (χ1n) is 16.6. The predicted octanol–water partition coefficient (Wildman–Crippen LogP) is 2.55. The van der Waals surface area contributed by atoms with Gasteiger partial charge in [-0.05, 0) is 108 Å². The monoisotopic (exact) mass is 714 g/mol. The molecule has 0 saturated heterocycles. The van der Waals surface area contributed by atoms with Gasteiger partial charge in [0.15, 0.2) is 0 Å². The largest absolute Gasteiger partial charge is 0.503 e. The minimum absolute atomic E-state index is 0.000768. The Balaban J connectivity index is 0.00000160. The molecule has 15 heteroatoms. The molecule has 0 aliphatic carbocycles. The average Bonchev–Trinajstić information content (AvgIpc) is 3.25. The van der Waals surface area contributed by atoms with Crippen molar-refractivity contribution in [2.45, 2.75) is 62.9 Å². The predicted molar refractivity (Wildman–Crippen MR) is 190 cm³/mol. The van der Waals surface area contributed by atoms with Crippen molar-refractivity contribution in [1.82, 2.24) is 19.4 Å². The van der Waals surface area contributed by atoms with Gasteiger partial charge in [-0.2, -0.15) is 4.72 Å². The molecular weight excluding hydrogens is 664 g/mol. The van der Waals surface area contributed by atoms with Gasteiger partial charge in [-0.1, -0.05) is 35.9 Å². The Bertz CT molecular complexity index is 1660. The quantitative estimate of drug-likeness (QED) is 0.0882. The highest BCUT2D eigenvalue weighted by Gasteiger charge is 2.38. The van der Waals surface area contributed by atoms with Gasteiger partial charge in [0, 0.05) is 25.2 Å². The molecule has 0 bridgehead atoms. The number of hydrogen-bond acceptors (Lipinski definition) is 9. The van der Waals surface area contributed by atoms with Crippen molar-refractivity contribution < 1.29 is 37.8 Å². The number of nitrogens with two attached hydrogens (primary N) is 1. The van der Waals surface area contributed by atoms with E-state index >= 15 is 0 Å². The zero-order valence-corrected chi connectivity index (χ0v) is 30.0. The number of carbonyl (C=O) groups is 3. The number of nitrogens with one attached hydrogen (secondary N) is 2. The van der Waals surface area contributed by atoms with E-state index in [-0.39, 0.29) is 30.3 Å². The standard InChI is InChI=1S/C34H48N6O5S.CH2O3/c1-5-45-34(42)31-20-24(2)12-19-40(31)33(41)30(22-25-8-6-9-28(21-25)32(35)36)37-46(43,44)29-11-10-26-13-17-39(16-7-15-38(3)4)18-14-27(26)23-29;2-1(3)4/h6,8-12,21,23,30-31,37H,5,7,13-20,22H2,1-4H3,(H3,35,36);(H2,2,3,4)/t30-,31+;/m0./s1. The number of amides is 1. The molecule has 4 rings (SSSR count). The maximum atomic E-state index is 14.2. The number of esters is 1. The van der Waals surface area contributed by atoms with Gasteiger partial charge in [-0.3, -0.25) is 10.2 Å². The molecule has 14 nitrogen and oxygen atoms in total. The second-order valence-electron chi connectivity index (χ2n) is 12.7. The molecule has 0 spiro atoms. The Hall–Kier alpha value is -4.31. The number of sulfonamides is 1. The lowest BCUT2D eigenvalue weighted by Crippen LogP contribution is -2.56. The highest BCUT2D eigenvalue weighted by atomic mass is 32.2. The Morgan fingerprint density at radius 2 is 1.78 bits per heavy atom. The molecule has 2 aromatic rings. The van der Waals surface area contributed by atoms with E-state index < -0.39 is 40.1 Å². The lowest BCUT2D eigenvalue weighted by atomic mass is 9.98. The molecule has 2 heterocycles. The maximum Gasteiger partial charge on any atom is 0.503 e. The number of benzene rings is 2. The van der Waals surface area contributed by atoms with Crippen LogP contribution < -0.4 is 10.5 Å². The summed E-state index contributed by atoms with van der Waals surface area (Å²) in [6.07, 6.45) is 2.99. The number of nitrogens with zero attached hydrogens (tertiary/aromatic N) is 3. The number of fused-ring (bicyclic) bond motifs is 1. The molecule has 0 unspecified atom stereocenters. The molecule has 2 atom stereocenters. The molecule has 274 valence electrons. The number of hydrogen-bond donors (Lipinski definition) is 5. The van der Waals surface area contributed by atoms with Crippen LogP contribution in [0.3, 0.4) is 0 Å². The third-order valence-corrected chi connectivity index (χ3v) is 10.1. The minimum atomic E-state index is -4.15. The van der Waals surface area contributed by atoms with Crippen molar-refractivity contribution in [3.05, 3.63) is 76.4 Å². The van der Waals surface area contributed by atoms with Gasteiger partial charge in [0.25, 0.3) is 0 Å². The molecule has 50 heavy (non-hydrogen) atoms. The number of nitrogen functional groups attached to an aromatic ring is 1. The summed E-state index contributed by atoms with van der Waals surface area (Å²) >= 11 is 0. The van der Waals surface area contributed by atoms with Crippen LogP contribution in [0.2, 0.25) is 0 Å². The molecular formula is C35H50N6O8S. The SMILES string of the molecule is CCOC(=O)[C@H]1CC(C)=CCN1C(=O)[C@H](Cc1cccc(C(=N)N)c1)NS(=O)(=O)c1ccc2c(c1)CCN(CCCN(C)C)CC2.O=C(O)O. The van der Waals surface area contributed by atoms with Crippen LogP contribution in [0, 0.1) is 5.41 Å². The molecule has 2 aliphatic heterocycles. The molecule has 0 fully saturated rings. The summed E-state index contributed by atoms with van der Waals surface area (Å²) in [4.78, 5) is 41.8. The van der Waals surface area contributed by atoms with Crippen LogP contribution in [0.5, 0.6) is 0 Å². The first kappa shape index (κ1) is 40.1. The van der Waals surface area contributed by atoms with Gasteiger partial charge < -0.3 is 35.4 Å². The summed E-state index contributed by atoms with van der Waals surface area (Å²) in [7, 11) is -0.00958. The molecule has 0 aromatic heterocycles. The van der Waals surface area contributed by atoms with Crippen LogP contribution in [0.25, 0.3) is 0 Å². The Morgan fingerprint density at radius 3 is 2.42 bits per heavy atom. The zero-order chi connectivity index (χ0) is 37.0. The van der Waals surface area contributed by atoms with E-state index in [4.69, 9.17) is 30.9 Å². The summed E-state index contributed by atoms with van der Waals surface area (Å²) in [6, 6.07) is 9.97. The molecule has 0 radical (unpaired) electrons. The van der Waals surface area contributed by atoms with E-state index in [1.807, 2.05) is 19.1 Å². The van der Waals surface area contributed by atoms with E-state index in [0.717, 1.165) is 62.1 Å². The molecule has 0 saturated carbocycles. The molecule has 1 amide bonds. The first-order chi connectivity index (χ1) is 23.6. The topological polar surface area (TPSA) is 207 Å². The second-order valence-corrected chi connectivity index (χ2v) is 14.4. The van der Waals surface area contributed by atoms with Crippen LogP contribution in [0.15, 0.2) is 59.0 Å². The first-order valence-corrected chi connectivity index (χ1v) is 18.1. The van der Waals surface area contributed by atoms with Gasteiger partial charge in [-0.15, -0.1) is 0 Å². The number of carbonyl (C=O) groups excluding carboxylic acids is 2. The summed E-state index contributed by atoms with van der Waals surface area (Å²) in [6.45, 7) is 7.70. The summed E-state index contributed by atoms with van der Waals surface area (Å²) in [5, 5.41) is 21.8. The van der Waals surface area contributed by atoms with Crippen LogP contribution in [0.1, 0.15) is 48.9 Å². The van der Waals surface area contributed by atoms with Gasteiger partial charge >= 0.3 is 12.1 Å². The Morgan fingerprint density at radius 1 is 1.10 bits per heavy atom. The van der Waals surface area contributed by atoms with Crippen LogP contribution in [-0.4, -0.2) is 123 Å². The lowest BCUT2D eigenvalue weighted by Gasteiger charge is -2.35. The highest BCUT2D eigenvalue weighted by molar-refractivity contribution is 7.89. The average molecular weight is 715 g/mol. The normalized spacial score (nSPS) is 17.0. The molecule has 2 aromatic carbocycles. The lowest BCUT2D eigenvalue weighted by molar-refractivity contribution is -0.155. The van der Waals surface area contributed by atoms with E-state index in [1.54, 1.807) is 43.3 Å². The second kappa shape index (κ2) is 18.6. The summed E-state index contributed by atoms with van der Waals surface area (Å²) in [5.74, 6) is -1.18. The van der Waals surface area contributed by atoms with E-state index in [0.29, 0.717) is 17.5 Å². The third kappa shape index (κ3) is 11.9. The summed E-state index contributed by atoms with van der Waals surface area (Å²) < 4.78 is 35.9. The van der Waals surface area contributed by atoms with Crippen LogP contribution >= 0.6 is 0 Å². The van der Waals surface area contributed by atoms with Crippen molar-refractivity contribution >= 4 is 33.9 Å². The fourth-order valence-electron chi connectivity index (χ4n) is 6.06. The van der Waals surface area contributed by atoms with E-state index in [9.17, 15) is 18.0 Å². The Labute approximate surface area is 294 Å². The highest BCUT2D eigenvalue weighted by Crippen LogP contribution is 2.24. The summed E-state index contributed by atoms with van der Waals surface area (Å²) in [5.41, 5.74) is 9.88. The fraction of sp³-hybridized carbons (Fsp3) is 0.486. The van der Waals surface area contributed by atoms with Gasteiger partial charge in [0.1, 0.15) is 17.9 Å². The van der Waals surface area contributed by atoms with Crippen molar-refractivity contribution in [3.8, 4) is 0 Å². The van der Waals surface area contributed by atoms with Crippen molar-refractivity contribution in [2.24, 2.45) is 5.73 Å². The van der Waals surface area contributed by atoms with Crippen LogP contribution in [0.4, 0.5) is 4.79 Å². The third-order valence-electron chi connectivity index (χ3n) is 8.61. The van der Waals surface area contributed by atoms with Crippen molar-refractivity contribution in [2.75, 3.05) is 53.4 Å². The van der Waals surface area contributed by atoms with E-state index in [2.05, 4.69) is 28.6 Å². The number of amidine groups is 1.